The number of epoxide rings is 1. The molecule has 1 spiro atoms. The maximum Gasteiger partial charge on any atom is 0.327 e. The first-order valence-electron chi connectivity index (χ1n) is 19.0. The van der Waals surface area contributed by atoms with Crippen LogP contribution in [0, 0.1) is 11.3 Å². The van der Waals surface area contributed by atoms with E-state index in [2.05, 4.69) is 41.7 Å². The van der Waals surface area contributed by atoms with Crippen molar-refractivity contribution in [3.05, 3.63) is 76.9 Å². The minimum atomic E-state index is -1.36. The molecule has 2 saturated carbocycles. The van der Waals surface area contributed by atoms with Crippen LogP contribution in [0.25, 0.3) is 6.08 Å². The van der Waals surface area contributed by atoms with E-state index >= 15 is 4.79 Å². The molecule has 7 fully saturated rings. The van der Waals surface area contributed by atoms with Crippen LogP contribution in [0.5, 0.6) is 0 Å². The number of rotatable bonds is 8. The normalized spacial score (nSPS) is 37.9. The molecule has 5 heterocycles. The van der Waals surface area contributed by atoms with Crippen LogP contribution in [-0.2, 0) is 57.6 Å². The average Bonchev–Trinajstić information content (AvgIpc) is 3.48. The van der Waals surface area contributed by atoms with Crippen LogP contribution < -0.4 is 5.32 Å². The fourth-order valence-corrected chi connectivity index (χ4v) is 10.4. The summed E-state index contributed by atoms with van der Waals surface area (Å²) >= 11 is 0. The predicted molar refractivity (Wildman–Crippen MR) is 184 cm³/mol. The van der Waals surface area contributed by atoms with Gasteiger partial charge in [-0.05, 0) is 60.3 Å². The Labute approximate surface area is 302 Å². The number of aliphatic hydroxyl groups excluding tert-OH is 1. The molecule has 12 nitrogen and oxygen atoms in total. The van der Waals surface area contributed by atoms with E-state index in [9.17, 15) is 14.7 Å². The number of hydroxylamine groups is 2. The van der Waals surface area contributed by atoms with Crippen molar-refractivity contribution in [3.8, 4) is 0 Å². The second kappa shape index (κ2) is 12.5. The summed E-state index contributed by atoms with van der Waals surface area (Å²) in [6.45, 7) is 0.525. The second-order valence-electron chi connectivity index (χ2n) is 16.0. The Morgan fingerprint density at radius 3 is 2.62 bits per heavy atom. The lowest BCUT2D eigenvalue weighted by atomic mass is 9.62. The lowest BCUT2D eigenvalue weighted by Crippen LogP contribution is -2.70. The highest BCUT2D eigenvalue weighted by atomic mass is 16.8. The van der Waals surface area contributed by atoms with E-state index in [1.807, 2.05) is 24.3 Å². The second-order valence-corrected chi connectivity index (χ2v) is 16.0. The average molecular weight is 712 g/mol. The van der Waals surface area contributed by atoms with Gasteiger partial charge in [-0.1, -0.05) is 60.7 Å². The van der Waals surface area contributed by atoms with Crippen molar-refractivity contribution in [1.82, 2.24) is 15.3 Å². The van der Waals surface area contributed by atoms with E-state index in [1.165, 1.54) is 0 Å². The molecule has 5 saturated heterocycles. The summed E-state index contributed by atoms with van der Waals surface area (Å²) in [5.41, 5.74) is 2.92. The number of esters is 1. The number of ether oxygens (including phenoxy) is 4. The number of hydrogen-bond acceptors (Lipinski definition) is 10. The van der Waals surface area contributed by atoms with Crippen LogP contribution in [-0.4, -0.2) is 107 Å². The van der Waals surface area contributed by atoms with Crippen LogP contribution in [0.3, 0.4) is 0 Å². The van der Waals surface area contributed by atoms with Crippen LogP contribution in [0.1, 0.15) is 60.8 Å². The molecule has 0 aromatic heterocycles. The van der Waals surface area contributed by atoms with Gasteiger partial charge in [0, 0.05) is 32.4 Å². The zero-order valence-corrected chi connectivity index (χ0v) is 29.1. The Morgan fingerprint density at radius 2 is 1.81 bits per heavy atom. The molecule has 0 radical (unpaired) electrons. The van der Waals surface area contributed by atoms with Crippen molar-refractivity contribution in [2.45, 2.75) is 112 Å². The molecule has 12 heteroatoms. The van der Waals surface area contributed by atoms with E-state index < -0.39 is 53.7 Å². The Kier molecular flexibility index (Phi) is 7.90. The monoisotopic (exact) mass is 711 g/mol. The van der Waals surface area contributed by atoms with Crippen LogP contribution in [0.4, 0.5) is 0 Å². The lowest BCUT2D eigenvalue weighted by molar-refractivity contribution is -0.218. The number of fused-ring (bicyclic) bond motifs is 6. The number of allylic oxidation sites excluding steroid dienone is 1. The predicted octanol–water partition coefficient (Wildman–Crippen LogP) is 2.45. The minimum absolute atomic E-state index is 0.1000. The van der Waals surface area contributed by atoms with Gasteiger partial charge in [0.15, 0.2) is 11.8 Å². The van der Waals surface area contributed by atoms with Gasteiger partial charge in [-0.3, -0.25) is 19.2 Å². The molecular formula is C40H45N3O9. The standard InChI is InChI=1S/C40H45N3O9/c44-16-14-41-36(45)28-9-4-15-42(28)38(47)40-21-31-32-33(51-39(50-32)19-26-7-1-2-8-27(26)20-39)35(40)52-43(34(40)37(46)49-31)22-25-6-3-5-23(17-25)10-11-24-12-13-29-30(18-24)48-29/h1-3,5-8,10-11,17,24,28-35,44H,4,9,12-16,18-22H2,(H,41,45). The highest BCUT2D eigenvalue weighted by Gasteiger charge is 2.77. The molecule has 2 aromatic rings. The van der Waals surface area contributed by atoms with Crippen LogP contribution in [0.2, 0.25) is 0 Å². The van der Waals surface area contributed by atoms with Crippen LogP contribution in [0.15, 0.2) is 54.6 Å². The van der Waals surface area contributed by atoms with Crippen molar-refractivity contribution in [3.63, 3.8) is 0 Å². The zero-order chi connectivity index (χ0) is 35.2. The number of nitrogens with zero attached hydrogens (tertiary/aromatic N) is 2. The van der Waals surface area contributed by atoms with Gasteiger partial charge in [-0.15, -0.1) is 0 Å². The number of carbonyl (C=O) groups is 3. The molecule has 10 atom stereocenters. The molecule has 5 aliphatic heterocycles. The van der Waals surface area contributed by atoms with Gasteiger partial charge in [-0.25, -0.2) is 0 Å². The molecule has 2 bridgehead atoms. The van der Waals surface area contributed by atoms with Crippen molar-refractivity contribution in [2.75, 3.05) is 19.7 Å². The van der Waals surface area contributed by atoms with Gasteiger partial charge in [0.2, 0.25) is 11.8 Å². The molecule has 2 N–H and O–H groups in total. The fourth-order valence-electron chi connectivity index (χ4n) is 10.4. The molecule has 10 unspecified atom stereocenters. The van der Waals surface area contributed by atoms with Crippen molar-refractivity contribution < 1.29 is 43.3 Å². The van der Waals surface area contributed by atoms with E-state index in [0.717, 1.165) is 41.5 Å². The smallest absolute Gasteiger partial charge is 0.327 e. The highest BCUT2D eigenvalue weighted by Crippen LogP contribution is 2.59. The molecule has 10 rings (SSSR count). The summed E-state index contributed by atoms with van der Waals surface area (Å²) in [7, 11) is 0. The summed E-state index contributed by atoms with van der Waals surface area (Å²) < 4.78 is 25.6. The SMILES string of the molecule is O=C(NCCO)C1CCCN1C(=O)C12CC3OC(=O)C1N(Cc1cccc(C=CC4CCC5OC5C4)c1)OC2C1OC2(Cc4ccccc4C2)OC31. The number of aliphatic hydroxyl groups is 1. The summed E-state index contributed by atoms with van der Waals surface area (Å²) in [5.74, 6) is -1.59. The first-order valence-corrected chi connectivity index (χ1v) is 19.0. The Balaban J connectivity index is 0.974. The minimum Gasteiger partial charge on any atom is -0.458 e. The topological polar surface area (TPSA) is 139 Å². The number of carbonyl (C=O) groups excluding carboxylic acids is 3. The first kappa shape index (κ1) is 33.0. The molecular weight excluding hydrogens is 666 g/mol. The third kappa shape index (κ3) is 5.28. The molecule has 8 aliphatic rings. The zero-order valence-electron chi connectivity index (χ0n) is 29.1. The number of amides is 2. The maximum atomic E-state index is 15.2. The van der Waals surface area contributed by atoms with E-state index in [-0.39, 0.29) is 37.9 Å². The number of benzene rings is 2. The molecule has 2 aromatic carbocycles. The third-order valence-corrected chi connectivity index (χ3v) is 12.8. The highest BCUT2D eigenvalue weighted by molar-refractivity contribution is 5.96. The maximum absolute atomic E-state index is 15.2. The lowest BCUT2D eigenvalue weighted by Gasteiger charge is -2.50. The van der Waals surface area contributed by atoms with E-state index in [4.69, 9.17) is 23.8 Å². The number of nitrogens with one attached hydrogen (secondary N) is 1. The first-order chi connectivity index (χ1) is 25.3. The Hall–Kier alpha value is -3.65. The van der Waals surface area contributed by atoms with Crippen molar-refractivity contribution in [1.29, 1.82) is 0 Å². The fraction of sp³-hybridized carbons (Fsp3) is 0.575. The molecule has 2 amide bonds. The molecule has 3 aliphatic carbocycles. The van der Waals surface area contributed by atoms with Gasteiger partial charge < -0.3 is 34.3 Å². The quantitative estimate of drug-likeness (QED) is 0.310. The largest absolute Gasteiger partial charge is 0.458 e. The molecule has 274 valence electrons. The van der Waals surface area contributed by atoms with Gasteiger partial charge in [0.25, 0.3) is 0 Å². The molecule has 52 heavy (non-hydrogen) atoms. The number of likely N-dealkylation sites (tertiary alicyclic amines) is 1. The van der Waals surface area contributed by atoms with E-state index in [0.29, 0.717) is 50.4 Å². The van der Waals surface area contributed by atoms with Gasteiger partial charge in [0.1, 0.15) is 35.9 Å². The van der Waals surface area contributed by atoms with Gasteiger partial charge >= 0.3 is 5.97 Å². The summed E-state index contributed by atoms with van der Waals surface area (Å²) in [6.07, 6.45) is 8.21. The third-order valence-electron chi connectivity index (χ3n) is 12.8. The van der Waals surface area contributed by atoms with Gasteiger partial charge in [-0.2, -0.15) is 5.06 Å². The number of hydrogen-bond donors (Lipinski definition) is 2. The van der Waals surface area contributed by atoms with E-state index in [1.54, 1.807) is 9.96 Å². The summed E-state index contributed by atoms with van der Waals surface area (Å²) in [6, 6.07) is 14.6. The summed E-state index contributed by atoms with van der Waals surface area (Å²) in [5, 5.41) is 13.7. The Bertz CT molecular complexity index is 1790. The van der Waals surface area contributed by atoms with Crippen molar-refractivity contribution in [2.24, 2.45) is 11.3 Å². The summed E-state index contributed by atoms with van der Waals surface area (Å²) in [4.78, 5) is 51.2. The van der Waals surface area contributed by atoms with Crippen molar-refractivity contribution >= 4 is 23.9 Å². The van der Waals surface area contributed by atoms with Crippen LogP contribution >= 0.6 is 0 Å². The Morgan fingerprint density at radius 1 is 0.981 bits per heavy atom. The van der Waals surface area contributed by atoms with Gasteiger partial charge in [0.05, 0.1) is 25.4 Å².